The molecule has 1 aliphatic rings. The third-order valence-electron chi connectivity index (χ3n) is 5.17. The number of rotatable bonds is 6. The lowest BCUT2D eigenvalue weighted by Crippen LogP contribution is -2.34. The molecular weight excluding hydrogens is 347 g/mol. The van der Waals surface area contributed by atoms with Crippen LogP contribution in [0.15, 0.2) is 41.3 Å². The Labute approximate surface area is 156 Å². The molecule has 142 valence electrons. The van der Waals surface area contributed by atoms with E-state index in [-0.39, 0.29) is 18.0 Å². The number of nitrogens with zero attached hydrogens (tertiary/aromatic N) is 3. The molecule has 0 radical (unpaired) electrons. The molecule has 1 N–H and O–H groups in total. The average molecular weight is 370 g/mol. The molecule has 3 aromatic rings. The number of carbonyl (C=O) groups excluding carboxylic acids is 1. The Balaban J connectivity index is 1.51. The van der Waals surface area contributed by atoms with Gasteiger partial charge in [0.2, 0.25) is 5.91 Å². The van der Waals surface area contributed by atoms with Gasteiger partial charge < -0.3 is 14.6 Å². The van der Waals surface area contributed by atoms with E-state index >= 15 is 0 Å². The van der Waals surface area contributed by atoms with Gasteiger partial charge in [-0.3, -0.25) is 14.2 Å². The molecule has 0 saturated carbocycles. The molecule has 1 fully saturated rings. The van der Waals surface area contributed by atoms with Crippen molar-refractivity contribution in [1.82, 2.24) is 19.2 Å². The lowest BCUT2D eigenvalue weighted by molar-refractivity contribution is -0.121. The van der Waals surface area contributed by atoms with E-state index in [1.807, 2.05) is 0 Å². The van der Waals surface area contributed by atoms with Crippen molar-refractivity contribution in [2.45, 2.75) is 25.8 Å². The van der Waals surface area contributed by atoms with E-state index in [1.54, 1.807) is 28.8 Å². The Bertz CT molecular complexity index is 1030. The van der Waals surface area contributed by atoms with Gasteiger partial charge in [0.05, 0.1) is 11.0 Å². The van der Waals surface area contributed by atoms with Crippen molar-refractivity contribution in [2.24, 2.45) is 0 Å². The van der Waals surface area contributed by atoms with Crippen molar-refractivity contribution < 1.29 is 9.18 Å². The summed E-state index contributed by atoms with van der Waals surface area (Å²) in [4.78, 5) is 27.6. The quantitative estimate of drug-likeness (QED) is 0.675. The molecule has 0 aliphatic carbocycles. The molecule has 7 heteroatoms. The van der Waals surface area contributed by atoms with Crippen LogP contribution in [0.25, 0.3) is 16.6 Å². The van der Waals surface area contributed by atoms with Crippen molar-refractivity contribution in [3.8, 4) is 0 Å². The van der Waals surface area contributed by atoms with Gasteiger partial charge in [-0.2, -0.15) is 0 Å². The van der Waals surface area contributed by atoms with Gasteiger partial charge in [-0.15, -0.1) is 0 Å². The van der Waals surface area contributed by atoms with Gasteiger partial charge >= 0.3 is 0 Å². The summed E-state index contributed by atoms with van der Waals surface area (Å²) in [6, 6.07) is 7.76. The van der Waals surface area contributed by atoms with Crippen LogP contribution in [0, 0.1) is 5.82 Å². The molecule has 0 atom stereocenters. The summed E-state index contributed by atoms with van der Waals surface area (Å²) in [5.74, 6) is -0.673. The number of amides is 1. The molecule has 1 amide bonds. The van der Waals surface area contributed by atoms with E-state index in [1.165, 1.54) is 29.5 Å². The summed E-state index contributed by atoms with van der Waals surface area (Å²) < 4.78 is 16.9. The fraction of sp³-hybridized carbons (Fsp3) is 0.400. The summed E-state index contributed by atoms with van der Waals surface area (Å²) in [7, 11) is 0. The topological polar surface area (TPSA) is 58.8 Å². The first-order valence-electron chi connectivity index (χ1n) is 9.42. The number of fused-ring (bicyclic) bond motifs is 3. The van der Waals surface area contributed by atoms with Crippen LogP contribution in [0.1, 0.15) is 19.3 Å². The highest BCUT2D eigenvalue weighted by Gasteiger charge is 2.14. The molecule has 1 aliphatic heterocycles. The van der Waals surface area contributed by atoms with Crippen molar-refractivity contribution in [1.29, 1.82) is 0 Å². The number of aromatic nitrogens is 2. The van der Waals surface area contributed by atoms with Crippen LogP contribution in [0.3, 0.4) is 0 Å². The second-order valence-corrected chi connectivity index (χ2v) is 7.04. The highest BCUT2D eigenvalue weighted by molar-refractivity contribution is 5.82. The van der Waals surface area contributed by atoms with Gasteiger partial charge in [0.1, 0.15) is 17.9 Å². The molecule has 6 nitrogen and oxygen atoms in total. The maximum atomic E-state index is 13.8. The summed E-state index contributed by atoms with van der Waals surface area (Å²) in [6.07, 6.45) is 5.15. The first-order valence-corrected chi connectivity index (χ1v) is 9.42. The molecule has 4 rings (SSSR count). The maximum Gasteiger partial charge on any atom is 0.275 e. The van der Waals surface area contributed by atoms with Gasteiger partial charge in [-0.25, -0.2) is 4.39 Å². The predicted octanol–water partition coefficient (Wildman–Crippen LogP) is 2.00. The predicted molar refractivity (Wildman–Crippen MR) is 102 cm³/mol. The first-order chi connectivity index (χ1) is 13.1. The average Bonchev–Trinajstić information content (AvgIpc) is 3.34. The van der Waals surface area contributed by atoms with Crippen LogP contribution >= 0.6 is 0 Å². The van der Waals surface area contributed by atoms with Crippen LogP contribution < -0.4 is 10.9 Å². The molecule has 0 bridgehead atoms. The van der Waals surface area contributed by atoms with E-state index in [2.05, 4.69) is 10.2 Å². The number of halogens is 1. The molecule has 3 heterocycles. The largest absolute Gasteiger partial charge is 0.355 e. The summed E-state index contributed by atoms with van der Waals surface area (Å²) in [5.41, 5.74) is 1.27. The van der Waals surface area contributed by atoms with Gasteiger partial charge in [-0.05, 0) is 69.2 Å². The molecule has 0 spiro atoms. The summed E-state index contributed by atoms with van der Waals surface area (Å²) >= 11 is 0. The van der Waals surface area contributed by atoms with Gasteiger partial charge in [-0.1, -0.05) is 0 Å². The van der Waals surface area contributed by atoms with Crippen LogP contribution in [-0.4, -0.2) is 46.0 Å². The Hall–Kier alpha value is -2.67. The van der Waals surface area contributed by atoms with Crippen molar-refractivity contribution in [2.75, 3.05) is 26.2 Å². The normalized spacial score (nSPS) is 15.0. The number of hydrogen-bond acceptors (Lipinski definition) is 3. The number of carbonyl (C=O) groups is 1. The highest BCUT2D eigenvalue weighted by Crippen LogP contribution is 2.16. The molecule has 1 aromatic carbocycles. The maximum absolute atomic E-state index is 13.8. The van der Waals surface area contributed by atoms with Crippen LogP contribution in [0.4, 0.5) is 4.39 Å². The van der Waals surface area contributed by atoms with E-state index in [9.17, 15) is 14.0 Å². The zero-order valence-corrected chi connectivity index (χ0v) is 15.2. The van der Waals surface area contributed by atoms with Crippen molar-refractivity contribution >= 4 is 22.5 Å². The van der Waals surface area contributed by atoms with E-state index < -0.39 is 5.82 Å². The number of benzene rings is 1. The number of likely N-dealkylation sites (tertiary alicyclic amines) is 1. The number of hydrogen-bond donors (Lipinski definition) is 1. The lowest BCUT2D eigenvalue weighted by atomic mass is 10.2. The first kappa shape index (κ1) is 17.7. The lowest BCUT2D eigenvalue weighted by Gasteiger charge is -2.15. The van der Waals surface area contributed by atoms with Gasteiger partial charge in [0, 0.05) is 12.7 Å². The van der Waals surface area contributed by atoms with E-state index in [0.29, 0.717) is 23.1 Å². The molecule has 1 saturated heterocycles. The molecule has 27 heavy (non-hydrogen) atoms. The van der Waals surface area contributed by atoms with Crippen LogP contribution in [0.5, 0.6) is 0 Å². The Morgan fingerprint density at radius 2 is 1.93 bits per heavy atom. The Morgan fingerprint density at radius 1 is 1.11 bits per heavy atom. The second kappa shape index (κ2) is 7.52. The second-order valence-electron chi connectivity index (χ2n) is 7.04. The minimum atomic E-state index is -0.437. The van der Waals surface area contributed by atoms with E-state index in [0.717, 1.165) is 26.1 Å². The highest BCUT2D eigenvalue weighted by atomic mass is 19.1. The minimum absolute atomic E-state index is 0.121. The third kappa shape index (κ3) is 3.60. The monoisotopic (exact) mass is 370 g/mol. The van der Waals surface area contributed by atoms with Crippen LogP contribution in [0.2, 0.25) is 0 Å². The Morgan fingerprint density at radius 3 is 2.74 bits per heavy atom. The SMILES string of the molecule is O=C(Cn1c(=O)c2cccn2c2ccc(F)cc21)NCCCN1CCCC1. The third-order valence-corrected chi connectivity index (χ3v) is 5.17. The zero-order chi connectivity index (χ0) is 18.8. The fourth-order valence-electron chi connectivity index (χ4n) is 3.82. The summed E-state index contributed by atoms with van der Waals surface area (Å²) in [6.45, 7) is 3.70. The van der Waals surface area contributed by atoms with E-state index in [4.69, 9.17) is 0 Å². The van der Waals surface area contributed by atoms with Gasteiger partial charge in [0.25, 0.3) is 5.56 Å². The van der Waals surface area contributed by atoms with Crippen molar-refractivity contribution in [3.63, 3.8) is 0 Å². The van der Waals surface area contributed by atoms with Crippen LogP contribution in [-0.2, 0) is 11.3 Å². The van der Waals surface area contributed by atoms with Crippen molar-refractivity contribution in [3.05, 3.63) is 52.7 Å². The Kier molecular flexibility index (Phi) is 4.94. The van der Waals surface area contributed by atoms with Gasteiger partial charge in [0.15, 0.2) is 0 Å². The minimum Gasteiger partial charge on any atom is -0.355 e. The standard InChI is InChI=1S/C20H23FN4O2/c21-15-6-7-16-18(13-15)25(20(27)17-5-3-12-24(16)17)14-19(26)22-8-4-11-23-9-1-2-10-23/h3,5-7,12-13H,1-2,4,8-11,14H2,(H,22,26). The molecule has 0 unspecified atom stereocenters. The fourth-order valence-corrected chi connectivity index (χ4v) is 3.82. The molecular formula is C20H23FN4O2. The summed E-state index contributed by atoms with van der Waals surface area (Å²) in [5, 5.41) is 2.88. The smallest absolute Gasteiger partial charge is 0.275 e. The molecule has 2 aromatic heterocycles. The zero-order valence-electron chi connectivity index (χ0n) is 15.2. The number of nitrogens with one attached hydrogen (secondary N) is 1.